The number of hydrogen-bond acceptors (Lipinski definition) is 3. The SMILES string of the molecule is CCOC=CC(=O)Nc1ccccc1NC(C)=O. The molecule has 0 unspecified atom stereocenters. The molecule has 1 rings (SSSR count). The lowest BCUT2D eigenvalue weighted by molar-refractivity contribution is -0.114. The molecule has 0 aliphatic carbocycles. The number of benzene rings is 1. The molecule has 0 atom stereocenters. The fraction of sp³-hybridized carbons (Fsp3) is 0.231. The molecule has 5 heteroatoms. The predicted octanol–water partition coefficient (Wildman–Crippen LogP) is 2.13. The number of carbonyl (C=O) groups excluding carboxylic acids is 2. The van der Waals surface area contributed by atoms with E-state index in [2.05, 4.69) is 10.6 Å². The van der Waals surface area contributed by atoms with E-state index in [-0.39, 0.29) is 11.8 Å². The van der Waals surface area contributed by atoms with Crippen LogP contribution in [0, 0.1) is 0 Å². The second kappa shape index (κ2) is 7.11. The van der Waals surface area contributed by atoms with Crippen LogP contribution in [-0.2, 0) is 14.3 Å². The monoisotopic (exact) mass is 248 g/mol. The van der Waals surface area contributed by atoms with Gasteiger partial charge in [0.05, 0.1) is 24.2 Å². The van der Waals surface area contributed by atoms with Gasteiger partial charge in [-0.1, -0.05) is 12.1 Å². The highest BCUT2D eigenvalue weighted by Gasteiger charge is 2.05. The van der Waals surface area contributed by atoms with Crippen LogP contribution in [-0.4, -0.2) is 18.4 Å². The minimum Gasteiger partial charge on any atom is -0.501 e. The molecule has 0 saturated carbocycles. The van der Waals surface area contributed by atoms with Crippen LogP contribution >= 0.6 is 0 Å². The largest absolute Gasteiger partial charge is 0.501 e. The van der Waals surface area contributed by atoms with Crippen LogP contribution in [0.1, 0.15) is 13.8 Å². The summed E-state index contributed by atoms with van der Waals surface area (Å²) in [6, 6.07) is 6.96. The summed E-state index contributed by atoms with van der Waals surface area (Å²) in [7, 11) is 0. The molecule has 2 N–H and O–H groups in total. The van der Waals surface area contributed by atoms with Crippen LogP contribution in [0.5, 0.6) is 0 Å². The Morgan fingerprint density at radius 2 is 1.83 bits per heavy atom. The van der Waals surface area contributed by atoms with E-state index in [1.807, 2.05) is 6.92 Å². The molecule has 0 saturated heterocycles. The lowest BCUT2D eigenvalue weighted by atomic mass is 10.2. The summed E-state index contributed by atoms with van der Waals surface area (Å²) in [4.78, 5) is 22.5. The van der Waals surface area contributed by atoms with Crippen molar-refractivity contribution in [3.8, 4) is 0 Å². The van der Waals surface area contributed by atoms with E-state index in [1.54, 1.807) is 24.3 Å². The molecule has 0 aromatic heterocycles. The maximum absolute atomic E-state index is 11.5. The Morgan fingerprint density at radius 3 is 2.39 bits per heavy atom. The number of ether oxygens (including phenoxy) is 1. The van der Waals surface area contributed by atoms with E-state index < -0.39 is 0 Å². The standard InChI is InChI=1S/C13H16N2O3/c1-3-18-9-8-13(17)15-12-7-5-4-6-11(12)14-10(2)16/h4-9H,3H2,1-2H3,(H,14,16)(H,15,17). The molecule has 0 bridgehead atoms. The summed E-state index contributed by atoms with van der Waals surface area (Å²) in [5, 5.41) is 5.29. The molecule has 2 amide bonds. The lowest BCUT2D eigenvalue weighted by Crippen LogP contribution is -2.12. The summed E-state index contributed by atoms with van der Waals surface area (Å²) in [6.45, 7) is 3.74. The average molecular weight is 248 g/mol. The Hall–Kier alpha value is -2.30. The first-order valence-corrected chi connectivity index (χ1v) is 5.59. The van der Waals surface area contributed by atoms with Crippen LogP contribution in [0.25, 0.3) is 0 Å². The van der Waals surface area contributed by atoms with E-state index in [0.29, 0.717) is 18.0 Å². The minimum atomic E-state index is -0.318. The van der Waals surface area contributed by atoms with Crippen molar-refractivity contribution in [1.29, 1.82) is 0 Å². The number of amides is 2. The van der Waals surface area contributed by atoms with Crippen molar-refractivity contribution in [2.24, 2.45) is 0 Å². The second-order valence-electron chi connectivity index (χ2n) is 3.47. The zero-order valence-corrected chi connectivity index (χ0v) is 10.4. The number of rotatable bonds is 5. The van der Waals surface area contributed by atoms with Gasteiger partial charge in [-0.2, -0.15) is 0 Å². The molecule has 96 valence electrons. The summed E-state index contributed by atoms with van der Waals surface area (Å²) in [5.41, 5.74) is 1.10. The van der Waals surface area contributed by atoms with Crippen molar-refractivity contribution in [3.05, 3.63) is 36.6 Å². The first-order valence-electron chi connectivity index (χ1n) is 5.59. The van der Waals surface area contributed by atoms with Crippen LogP contribution in [0.3, 0.4) is 0 Å². The lowest BCUT2D eigenvalue weighted by Gasteiger charge is -2.09. The van der Waals surface area contributed by atoms with Crippen molar-refractivity contribution in [3.63, 3.8) is 0 Å². The maximum Gasteiger partial charge on any atom is 0.251 e. The molecule has 1 aromatic carbocycles. The highest BCUT2D eigenvalue weighted by atomic mass is 16.5. The molecule has 1 aromatic rings. The van der Waals surface area contributed by atoms with E-state index in [9.17, 15) is 9.59 Å². The first-order chi connectivity index (χ1) is 8.63. The van der Waals surface area contributed by atoms with Crippen LogP contribution in [0.4, 0.5) is 11.4 Å². The highest BCUT2D eigenvalue weighted by molar-refractivity contribution is 6.03. The van der Waals surface area contributed by atoms with Crippen molar-refractivity contribution in [1.82, 2.24) is 0 Å². The van der Waals surface area contributed by atoms with Gasteiger partial charge in [0.2, 0.25) is 5.91 Å². The molecular formula is C13H16N2O3. The normalized spacial score (nSPS) is 10.1. The number of para-hydroxylation sites is 2. The Morgan fingerprint density at radius 1 is 1.22 bits per heavy atom. The molecule has 18 heavy (non-hydrogen) atoms. The predicted molar refractivity (Wildman–Crippen MR) is 70.1 cm³/mol. The zero-order chi connectivity index (χ0) is 13.4. The molecule has 0 aliphatic rings. The summed E-state index contributed by atoms with van der Waals surface area (Å²) < 4.78 is 4.93. The zero-order valence-electron chi connectivity index (χ0n) is 10.4. The van der Waals surface area contributed by atoms with Gasteiger partial charge in [-0.05, 0) is 19.1 Å². The fourth-order valence-electron chi connectivity index (χ4n) is 1.27. The van der Waals surface area contributed by atoms with Crippen molar-refractivity contribution >= 4 is 23.2 Å². The summed E-state index contributed by atoms with van der Waals surface area (Å²) in [5.74, 6) is -0.511. The van der Waals surface area contributed by atoms with Gasteiger partial charge in [-0.15, -0.1) is 0 Å². The Kier molecular flexibility index (Phi) is 5.44. The summed E-state index contributed by atoms with van der Waals surface area (Å²) in [6.07, 6.45) is 2.62. The van der Waals surface area contributed by atoms with Gasteiger partial charge in [-0.3, -0.25) is 9.59 Å². The third-order valence-corrected chi connectivity index (χ3v) is 1.98. The fourth-order valence-corrected chi connectivity index (χ4v) is 1.27. The van der Waals surface area contributed by atoms with Gasteiger partial charge in [0.15, 0.2) is 0 Å². The summed E-state index contributed by atoms with van der Waals surface area (Å²) >= 11 is 0. The minimum absolute atomic E-state index is 0.193. The van der Waals surface area contributed by atoms with Crippen molar-refractivity contribution < 1.29 is 14.3 Å². The molecule has 0 fully saturated rings. The molecule has 0 heterocycles. The Balaban J connectivity index is 2.71. The number of hydrogen-bond donors (Lipinski definition) is 2. The molecule has 0 aliphatic heterocycles. The van der Waals surface area contributed by atoms with E-state index >= 15 is 0 Å². The van der Waals surface area contributed by atoms with Gasteiger partial charge in [0, 0.05) is 13.0 Å². The first kappa shape index (κ1) is 13.8. The third-order valence-electron chi connectivity index (χ3n) is 1.98. The van der Waals surface area contributed by atoms with Gasteiger partial charge in [0.1, 0.15) is 0 Å². The van der Waals surface area contributed by atoms with Crippen molar-refractivity contribution in [2.45, 2.75) is 13.8 Å². The Bertz CT molecular complexity index is 455. The topological polar surface area (TPSA) is 67.4 Å². The maximum atomic E-state index is 11.5. The molecule has 0 spiro atoms. The number of nitrogens with one attached hydrogen (secondary N) is 2. The van der Waals surface area contributed by atoms with Crippen molar-refractivity contribution in [2.75, 3.05) is 17.2 Å². The van der Waals surface area contributed by atoms with Gasteiger partial charge in [0.25, 0.3) is 5.91 Å². The average Bonchev–Trinajstić information content (AvgIpc) is 2.31. The van der Waals surface area contributed by atoms with E-state index in [1.165, 1.54) is 19.3 Å². The van der Waals surface area contributed by atoms with Crippen LogP contribution in [0.2, 0.25) is 0 Å². The van der Waals surface area contributed by atoms with Crippen LogP contribution < -0.4 is 10.6 Å². The Labute approximate surface area is 106 Å². The van der Waals surface area contributed by atoms with Gasteiger partial charge >= 0.3 is 0 Å². The van der Waals surface area contributed by atoms with E-state index in [4.69, 9.17) is 4.74 Å². The second-order valence-corrected chi connectivity index (χ2v) is 3.47. The molecule has 0 radical (unpaired) electrons. The highest BCUT2D eigenvalue weighted by Crippen LogP contribution is 2.20. The third kappa shape index (κ3) is 4.69. The quantitative estimate of drug-likeness (QED) is 0.619. The van der Waals surface area contributed by atoms with Gasteiger partial charge in [-0.25, -0.2) is 0 Å². The molecular weight excluding hydrogens is 232 g/mol. The van der Waals surface area contributed by atoms with E-state index in [0.717, 1.165) is 0 Å². The number of carbonyl (C=O) groups is 2. The number of anilines is 2. The molecule has 5 nitrogen and oxygen atoms in total. The smallest absolute Gasteiger partial charge is 0.251 e. The van der Waals surface area contributed by atoms with Crippen LogP contribution in [0.15, 0.2) is 36.6 Å². The van der Waals surface area contributed by atoms with Gasteiger partial charge < -0.3 is 15.4 Å².